The van der Waals surface area contributed by atoms with E-state index in [2.05, 4.69) is 15.6 Å². The Morgan fingerprint density at radius 2 is 1.08 bits per heavy atom. The molecule has 6 heterocycles. The number of carbonyl (C=O) groups is 2. The summed E-state index contributed by atoms with van der Waals surface area (Å²) in [7, 11) is 0. The number of nitrogens with zero attached hydrogens (tertiary/aromatic N) is 5. The van der Waals surface area contributed by atoms with Gasteiger partial charge in [0.15, 0.2) is 45.9 Å². The lowest BCUT2D eigenvalue weighted by molar-refractivity contribution is 0.0721. The summed E-state index contributed by atoms with van der Waals surface area (Å²) < 4.78 is 58.6. The van der Waals surface area contributed by atoms with Gasteiger partial charge in [0.2, 0.25) is 13.6 Å². The number of hydrogen-bond donors (Lipinski definition) is 1. The zero-order valence-corrected chi connectivity index (χ0v) is 35.7. The summed E-state index contributed by atoms with van der Waals surface area (Å²) in [6.45, 7) is 5.42. The Hall–Kier alpha value is -5.63. The third-order valence-electron chi connectivity index (χ3n) is 9.87. The molecule has 0 spiro atoms. The largest absolute Gasteiger partial charge is 0.454 e. The van der Waals surface area contributed by atoms with Gasteiger partial charge in [-0.1, -0.05) is 33.5 Å². The van der Waals surface area contributed by atoms with Crippen LogP contribution in [0.25, 0.3) is 22.6 Å². The summed E-state index contributed by atoms with van der Waals surface area (Å²) in [5, 5.41) is 12.1. The average Bonchev–Trinajstić information content (AvgIpc) is 4.14. The van der Waals surface area contributed by atoms with Crippen molar-refractivity contribution in [2.45, 2.75) is 0 Å². The van der Waals surface area contributed by atoms with Crippen molar-refractivity contribution in [3.63, 3.8) is 0 Å². The molecule has 4 aromatic carbocycles. The first-order valence-electron chi connectivity index (χ1n) is 18.9. The highest BCUT2D eigenvalue weighted by atomic mass is 127. The van der Waals surface area contributed by atoms with Crippen molar-refractivity contribution in [2.24, 2.45) is 0 Å². The lowest BCUT2D eigenvalue weighted by atomic mass is 10.1. The predicted octanol–water partition coefficient (Wildman–Crippen LogP) is 8.02. The molecular weight excluding hydrogens is 952 g/mol. The van der Waals surface area contributed by atoms with E-state index in [1.165, 1.54) is 30.3 Å². The van der Waals surface area contributed by atoms with Crippen molar-refractivity contribution >= 4 is 63.3 Å². The number of hydrogen-bond acceptors (Lipinski definition) is 12. The van der Waals surface area contributed by atoms with Crippen molar-refractivity contribution in [3.8, 4) is 45.6 Å². The predicted molar refractivity (Wildman–Crippen MR) is 229 cm³/mol. The van der Waals surface area contributed by atoms with Crippen molar-refractivity contribution in [1.82, 2.24) is 25.4 Å². The minimum Gasteiger partial charge on any atom is -0.454 e. The molecule has 2 saturated heterocycles. The molecule has 0 aliphatic carbocycles. The van der Waals surface area contributed by atoms with Gasteiger partial charge in [-0.05, 0) is 95.4 Å². The van der Waals surface area contributed by atoms with Crippen LogP contribution in [0.2, 0.25) is 10.0 Å². The zero-order chi connectivity index (χ0) is 42.5. The number of ether oxygens (including phenoxy) is 4. The Bertz CT molecular complexity index is 2550. The number of nitrogens with one attached hydrogen (secondary N) is 1. The van der Waals surface area contributed by atoms with Crippen LogP contribution in [0, 0.1) is 15.2 Å². The van der Waals surface area contributed by atoms with Gasteiger partial charge in [0.25, 0.3) is 11.8 Å². The van der Waals surface area contributed by atoms with Gasteiger partial charge in [0.05, 0.1) is 15.7 Å². The quantitative estimate of drug-likeness (QED) is 0.132. The summed E-state index contributed by atoms with van der Waals surface area (Å²) in [6.07, 6.45) is 0. The van der Waals surface area contributed by atoms with Gasteiger partial charge >= 0.3 is 0 Å². The highest BCUT2D eigenvalue weighted by Crippen LogP contribution is 2.37. The number of rotatable bonds is 5. The zero-order valence-electron chi connectivity index (χ0n) is 32.0. The maximum atomic E-state index is 13.6. The fourth-order valence-electron chi connectivity index (χ4n) is 6.66. The fourth-order valence-corrected chi connectivity index (χ4v) is 7.50. The minimum atomic E-state index is -0.341. The molecule has 19 heteroatoms. The van der Waals surface area contributed by atoms with Crippen LogP contribution in [-0.2, 0) is 0 Å². The first-order chi connectivity index (χ1) is 29.6. The second-order valence-electron chi connectivity index (χ2n) is 13.8. The molecule has 6 aromatic rings. The van der Waals surface area contributed by atoms with E-state index in [1.807, 2.05) is 51.8 Å². The number of anilines is 1. The third kappa shape index (κ3) is 9.96. The van der Waals surface area contributed by atoms with Gasteiger partial charge in [-0.3, -0.25) is 9.59 Å². The highest BCUT2D eigenvalue weighted by molar-refractivity contribution is 14.1. The molecule has 0 bridgehead atoms. The van der Waals surface area contributed by atoms with E-state index in [9.17, 15) is 18.4 Å². The average molecular weight is 988 g/mol. The smallest absolute Gasteiger partial charge is 0.276 e. The molecule has 2 fully saturated rings. The molecule has 14 nitrogen and oxygen atoms in total. The molecule has 0 radical (unpaired) electrons. The molecule has 0 unspecified atom stereocenters. The van der Waals surface area contributed by atoms with Crippen molar-refractivity contribution in [2.75, 3.05) is 70.8 Å². The van der Waals surface area contributed by atoms with E-state index in [0.717, 1.165) is 27.8 Å². The number of aromatic nitrogens is 2. The van der Waals surface area contributed by atoms with E-state index in [-0.39, 0.29) is 42.7 Å². The SMILES string of the molecule is Fc1ccc(Cl)c(I)c1.O=C(c1cc(-c2ccc3c(c2)OCO3)on1)N1CCN(c2cc(F)ccc2Cl)CC1.O=C(c1cc(-c2ccc3c(c2)OCO3)on1)N1CCNCC1. The van der Waals surface area contributed by atoms with E-state index >= 15 is 0 Å². The first-order valence-corrected chi connectivity index (χ1v) is 20.8. The number of halogens is 5. The minimum absolute atomic E-state index is 0.0998. The topological polar surface area (TPSA) is 145 Å². The highest BCUT2D eigenvalue weighted by Gasteiger charge is 2.27. The van der Waals surface area contributed by atoms with Crippen LogP contribution in [0.1, 0.15) is 21.0 Å². The number of fused-ring (bicyclic) bond motifs is 2. The Labute approximate surface area is 371 Å². The number of carbonyl (C=O) groups excluding carboxylic acids is 2. The third-order valence-corrected chi connectivity index (χ3v) is 11.7. The summed E-state index contributed by atoms with van der Waals surface area (Å²) in [4.78, 5) is 30.7. The van der Waals surface area contributed by atoms with Crippen LogP contribution >= 0.6 is 45.8 Å². The van der Waals surface area contributed by atoms with Crippen molar-refractivity contribution < 1.29 is 46.4 Å². The monoisotopic (exact) mass is 986 g/mol. The van der Waals surface area contributed by atoms with Gasteiger partial charge in [0, 0.05) is 79.2 Å². The van der Waals surface area contributed by atoms with Crippen molar-refractivity contribution in [1.29, 1.82) is 0 Å². The van der Waals surface area contributed by atoms with Crippen molar-refractivity contribution in [3.05, 3.63) is 122 Å². The summed E-state index contributed by atoms with van der Waals surface area (Å²) in [5.41, 5.74) is 2.75. The molecule has 2 aromatic heterocycles. The fraction of sp³-hybridized carbons (Fsp3) is 0.238. The van der Waals surface area contributed by atoms with E-state index in [0.29, 0.717) is 95.2 Å². The summed E-state index contributed by atoms with van der Waals surface area (Å²) >= 11 is 13.8. The molecule has 0 saturated carbocycles. The Morgan fingerprint density at radius 3 is 1.61 bits per heavy atom. The van der Waals surface area contributed by atoms with Crippen LogP contribution in [-0.4, -0.2) is 97.9 Å². The van der Waals surface area contributed by atoms with Crippen LogP contribution in [0.3, 0.4) is 0 Å². The molecule has 10 rings (SSSR count). The van der Waals surface area contributed by atoms with Crippen LogP contribution in [0.15, 0.2) is 94.0 Å². The molecule has 1 N–H and O–H groups in total. The molecule has 4 aliphatic rings. The van der Waals surface area contributed by atoms with Gasteiger partial charge in [0.1, 0.15) is 11.6 Å². The lowest BCUT2D eigenvalue weighted by Gasteiger charge is -2.36. The van der Waals surface area contributed by atoms with E-state index in [4.69, 9.17) is 51.2 Å². The molecule has 4 aliphatic heterocycles. The number of benzene rings is 4. The second kappa shape index (κ2) is 19.0. The van der Waals surface area contributed by atoms with Crippen LogP contribution in [0.5, 0.6) is 23.0 Å². The summed E-state index contributed by atoms with van der Waals surface area (Å²) in [5.74, 6) is 2.79. The van der Waals surface area contributed by atoms with E-state index < -0.39 is 0 Å². The Kier molecular flexibility index (Phi) is 13.1. The van der Waals surface area contributed by atoms with Crippen LogP contribution in [0.4, 0.5) is 14.5 Å². The molecule has 0 atom stereocenters. The maximum absolute atomic E-state index is 13.6. The summed E-state index contributed by atoms with van der Waals surface area (Å²) in [6, 6.07) is 22.7. The molecule has 2 amide bonds. The maximum Gasteiger partial charge on any atom is 0.276 e. The van der Waals surface area contributed by atoms with Gasteiger partial charge < -0.3 is 48.0 Å². The lowest BCUT2D eigenvalue weighted by Crippen LogP contribution is -2.49. The Balaban J connectivity index is 0.000000144. The number of amides is 2. The normalized spacial score (nSPS) is 15.1. The number of piperazine rings is 2. The van der Waals surface area contributed by atoms with E-state index in [1.54, 1.807) is 40.1 Å². The molecule has 61 heavy (non-hydrogen) atoms. The standard InChI is InChI=1S/C21H17ClFN3O4.C15H15N3O4.C6H3ClFI/c22-15-3-2-14(23)10-17(15)25-5-7-26(8-6-25)21(27)16-11-19(30-24-16)13-1-4-18-20(9-13)29-12-28-18;19-15(18-5-3-16-4-6-18)11-8-13(22-17-11)10-1-2-12-14(7-10)21-9-20-12;7-5-2-1-4(8)3-6(5)9/h1-4,9-11H,5-8,12H2;1-2,7-8,16H,3-6,9H2;1-3H. The van der Waals surface area contributed by atoms with Gasteiger partial charge in [-0.15, -0.1) is 0 Å². The second-order valence-corrected chi connectivity index (χ2v) is 15.7. The van der Waals surface area contributed by atoms with Crippen LogP contribution < -0.4 is 29.2 Å². The van der Waals surface area contributed by atoms with Gasteiger partial charge in [-0.25, -0.2) is 8.78 Å². The van der Waals surface area contributed by atoms with Gasteiger partial charge in [-0.2, -0.15) is 0 Å². The molecule has 316 valence electrons. The first kappa shape index (κ1) is 42.1. The molecular formula is C42H35Cl2F2IN6O8. The Morgan fingerprint density at radius 1 is 0.590 bits per heavy atom.